The fraction of sp³-hybridized carbons (Fsp3) is 0.316. The maximum Gasteiger partial charge on any atom is 0.379 e. The van der Waals surface area contributed by atoms with Gasteiger partial charge in [0.05, 0.1) is 23.6 Å². The van der Waals surface area contributed by atoms with Crippen LogP contribution in [0, 0.1) is 5.92 Å². The molecule has 0 saturated carbocycles. The van der Waals surface area contributed by atoms with E-state index in [-0.39, 0.29) is 17.1 Å². The second-order valence-corrected chi connectivity index (χ2v) is 8.03. The molecule has 24 heavy (non-hydrogen) atoms. The summed E-state index contributed by atoms with van der Waals surface area (Å²) in [4.78, 5) is 12.9. The topological polar surface area (TPSA) is 43.4 Å². The lowest BCUT2D eigenvalue weighted by Crippen LogP contribution is -2.18. The van der Waals surface area contributed by atoms with Crippen LogP contribution >= 0.6 is 19.4 Å². The first-order valence-corrected chi connectivity index (χ1v) is 9.69. The molecule has 2 aromatic carbocycles. The average Bonchev–Trinajstić information content (AvgIpc) is 2.60. The highest BCUT2D eigenvalue weighted by molar-refractivity contribution is 7.53. The Kier molecular flexibility index (Phi) is 6.53. The maximum atomic E-state index is 12.9. The number of halogens is 1. The van der Waals surface area contributed by atoms with E-state index in [0.717, 1.165) is 0 Å². The molecule has 2 aromatic rings. The molecule has 0 radical (unpaired) electrons. The minimum absolute atomic E-state index is 0.192. The first kappa shape index (κ1) is 18.6. The van der Waals surface area contributed by atoms with Crippen molar-refractivity contribution in [1.29, 1.82) is 0 Å². The number of para-hydroxylation sites is 1. The van der Waals surface area contributed by atoms with Gasteiger partial charge in [-0.05, 0) is 30.2 Å². The summed E-state index contributed by atoms with van der Waals surface area (Å²) in [5.74, 6) is 0.537. The molecule has 0 heterocycles. The summed E-state index contributed by atoms with van der Waals surface area (Å²) in [7, 11) is -0.222. The minimum atomic E-state index is -1.75. The normalized spacial score (nSPS) is 12.8. The Morgan fingerprint density at radius 1 is 1.08 bits per heavy atom. The van der Waals surface area contributed by atoms with Gasteiger partial charge in [-0.25, -0.2) is 0 Å². The van der Waals surface area contributed by atoms with E-state index in [1.54, 1.807) is 42.5 Å². The van der Waals surface area contributed by atoms with E-state index in [4.69, 9.17) is 16.3 Å². The van der Waals surface area contributed by atoms with Crippen molar-refractivity contribution in [3.05, 3.63) is 59.7 Å². The third kappa shape index (κ3) is 4.23. The van der Waals surface area contributed by atoms with Crippen molar-refractivity contribution in [3.63, 3.8) is 0 Å². The molecular weight excluding hydrogens is 343 g/mol. The van der Waals surface area contributed by atoms with Gasteiger partial charge in [0.15, 0.2) is 6.16 Å². The number of hydrogen-bond donors (Lipinski definition) is 0. The van der Waals surface area contributed by atoms with E-state index in [1.165, 1.54) is 7.11 Å². The van der Waals surface area contributed by atoms with Crippen LogP contribution in [0.4, 0.5) is 0 Å². The fourth-order valence-corrected chi connectivity index (χ4v) is 4.34. The highest BCUT2D eigenvalue weighted by atomic mass is 35.5. The van der Waals surface area contributed by atoms with E-state index in [1.807, 2.05) is 19.9 Å². The molecule has 2 unspecified atom stereocenters. The second kappa shape index (κ2) is 8.41. The van der Waals surface area contributed by atoms with E-state index in [0.29, 0.717) is 28.3 Å². The molecule has 0 aliphatic heterocycles. The Bertz CT molecular complexity index is 743. The van der Waals surface area contributed by atoms with Crippen LogP contribution in [0.1, 0.15) is 29.8 Å². The van der Waals surface area contributed by atoms with Gasteiger partial charge < -0.3 is 4.74 Å². The molecule has 0 fully saturated rings. The van der Waals surface area contributed by atoms with Crippen LogP contribution in [0.2, 0.25) is 0 Å². The Morgan fingerprint density at radius 3 is 2.29 bits per heavy atom. The molecule has 0 bridgehead atoms. The number of methoxy groups -OCH3 is 1. The van der Waals surface area contributed by atoms with Crippen LogP contribution in [-0.4, -0.2) is 24.4 Å². The second-order valence-electron chi connectivity index (χ2n) is 5.87. The zero-order valence-corrected chi connectivity index (χ0v) is 15.7. The van der Waals surface area contributed by atoms with E-state index in [2.05, 4.69) is 0 Å². The molecule has 0 aliphatic rings. The summed E-state index contributed by atoms with van der Waals surface area (Å²) in [6, 6.07) is 14.1. The van der Waals surface area contributed by atoms with Crippen molar-refractivity contribution in [1.82, 2.24) is 0 Å². The van der Waals surface area contributed by atoms with Crippen molar-refractivity contribution in [2.45, 2.75) is 19.2 Å². The van der Waals surface area contributed by atoms with Crippen LogP contribution in [0.5, 0.6) is 5.75 Å². The van der Waals surface area contributed by atoms with Gasteiger partial charge in [0, 0.05) is 0 Å². The van der Waals surface area contributed by atoms with Crippen LogP contribution in [-0.2, 0) is 4.57 Å². The summed E-state index contributed by atoms with van der Waals surface area (Å²) in [5, 5.41) is 0.359. The lowest BCUT2D eigenvalue weighted by molar-refractivity contribution is 0.103. The summed E-state index contributed by atoms with van der Waals surface area (Å²) in [6.07, 6.45) is 0.352. The number of hydrogen-bond acceptors (Lipinski definition) is 3. The molecule has 3 nitrogen and oxygen atoms in total. The number of ketones is 1. The molecule has 0 aliphatic carbocycles. The van der Waals surface area contributed by atoms with Crippen molar-refractivity contribution in [2.24, 2.45) is 5.92 Å². The number of carbonyl (C=O) groups is 1. The molecule has 2 rings (SSSR count). The maximum absolute atomic E-state index is 12.9. The Hall–Kier alpha value is -1.70. The summed E-state index contributed by atoms with van der Waals surface area (Å²) in [5.41, 5.74) is 0.901. The van der Waals surface area contributed by atoms with E-state index >= 15 is 0 Å². The van der Waals surface area contributed by atoms with Gasteiger partial charge >= 0.3 is 7.80 Å². The number of ether oxygens (including phenoxy) is 1. The van der Waals surface area contributed by atoms with Crippen molar-refractivity contribution in [2.75, 3.05) is 13.3 Å². The van der Waals surface area contributed by atoms with E-state index < -0.39 is 7.80 Å². The van der Waals surface area contributed by atoms with Crippen LogP contribution in [0.25, 0.3) is 0 Å². The van der Waals surface area contributed by atoms with Crippen molar-refractivity contribution < 1.29 is 14.1 Å². The lowest BCUT2D eigenvalue weighted by atomic mass is 10.0. The highest BCUT2D eigenvalue weighted by Gasteiger charge is 2.31. The van der Waals surface area contributed by atoms with Crippen molar-refractivity contribution in [3.8, 4) is 5.75 Å². The standard InChI is InChI=1S/C19H21ClO3P/c1-13(2)16(20)12-24(22)18-11-7-5-9-15(18)19(21)14-8-4-6-10-17(14)23-3/h4-11,13,16H,12H2,1-3H3/q+1. The van der Waals surface area contributed by atoms with E-state index in [9.17, 15) is 9.36 Å². The third-order valence-electron chi connectivity index (χ3n) is 3.83. The fourth-order valence-electron chi connectivity index (χ4n) is 2.33. The largest absolute Gasteiger partial charge is 0.496 e. The third-order valence-corrected chi connectivity index (χ3v) is 6.36. The SMILES string of the molecule is COc1ccccc1C(=O)c1ccccc1[P+](=O)CC(Cl)C(C)C. The Morgan fingerprint density at radius 2 is 1.67 bits per heavy atom. The zero-order chi connectivity index (χ0) is 17.7. The quantitative estimate of drug-likeness (QED) is 0.409. The van der Waals surface area contributed by atoms with Crippen molar-refractivity contribution >= 4 is 30.5 Å². The van der Waals surface area contributed by atoms with Gasteiger partial charge in [-0.15, -0.1) is 11.6 Å². The highest BCUT2D eigenvalue weighted by Crippen LogP contribution is 2.29. The van der Waals surface area contributed by atoms with Gasteiger partial charge in [0.25, 0.3) is 0 Å². The van der Waals surface area contributed by atoms with Crippen LogP contribution in [0.15, 0.2) is 48.5 Å². The smallest absolute Gasteiger partial charge is 0.379 e. The molecule has 0 aromatic heterocycles. The molecule has 2 atom stereocenters. The van der Waals surface area contributed by atoms with Gasteiger partial charge in [0.1, 0.15) is 5.75 Å². The molecule has 126 valence electrons. The van der Waals surface area contributed by atoms with Gasteiger partial charge in [-0.1, -0.05) is 42.7 Å². The number of rotatable bonds is 7. The Labute approximate surface area is 148 Å². The van der Waals surface area contributed by atoms with Gasteiger partial charge in [-0.3, -0.25) is 4.79 Å². The van der Waals surface area contributed by atoms with Crippen LogP contribution < -0.4 is 10.0 Å². The molecule has 0 N–H and O–H groups in total. The lowest BCUT2D eigenvalue weighted by Gasteiger charge is -2.09. The predicted molar refractivity (Wildman–Crippen MR) is 99.5 cm³/mol. The molecular formula is C19H21ClO3P+. The zero-order valence-electron chi connectivity index (χ0n) is 14.0. The monoisotopic (exact) mass is 363 g/mol. The van der Waals surface area contributed by atoms with Gasteiger partial charge in [0.2, 0.25) is 11.1 Å². The molecule has 5 heteroatoms. The summed E-state index contributed by atoms with van der Waals surface area (Å²) < 4.78 is 18.0. The number of carbonyl (C=O) groups excluding carboxylic acids is 1. The summed E-state index contributed by atoms with van der Waals surface area (Å²) >= 11 is 6.27. The number of alkyl halides is 1. The molecule has 0 spiro atoms. The molecule has 0 saturated heterocycles. The Balaban J connectivity index is 2.38. The first-order valence-electron chi connectivity index (χ1n) is 7.81. The minimum Gasteiger partial charge on any atom is -0.496 e. The first-order chi connectivity index (χ1) is 11.5. The van der Waals surface area contributed by atoms with Crippen LogP contribution in [0.3, 0.4) is 0 Å². The average molecular weight is 364 g/mol. The number of benzene rings is 2. The predicted octanol–water partition coefficient (Wildman–Crippen LogP) is 4.64. The van der Waals surface area contributed by atoms with Gasteiger partial charge in [-0.2, -0.15) is 0 Å². The summed E-state index contributed by atoms with van der Waals surface area (Å²) in [6.45, 7) is 3.99. The molecule has 0 amide bonds.